The van der Waals surface area contributed by atoms with E-state index in [2.05, 4.69) is 5.32 Å². The predicted octanol–water partition coefficient (Wildman–Crippen LogP) is 0.506. The number of hydrogen-bond acceptors (Lipinski definition) is 4. The fraction of sp³-hybridized carbons (Fsp3) is 0.385. The first-order valence-corrected chi connectivity index (χ1v) is 6.10. The molecule has 0 aliphatic rings. The summed E-state index contributed by atoms with van der Waals surface area (Å²) in [6.07, 6.45) is 0.350. The summed E-state index contributed by atoms with van der Waals surface area (Å²) in [7, 11) is 0. The van der Waals surface area contributed by atoms with Crippen molar-refractivity contribution in [3.63, 3.8) is 0 Å². The molecule has 1 aromatic rings. The van der Waals surface area contributed by atoms with Gasteiger partial charge in [0.2, 0.25) is 5.91 Å². The second-order valence-corrected chi connectivity index (χ2v) is 4.09. The van der Waals surface area contributed by atoms with Crippen molar-refractivity contribution in [3.05, 3.63) is 35.9 Å². The lowest BCUT2D eigenvalue weighted by molar-refractivity contribution is -0.120. The Morgan fingerprint density at radius 1 is 1.26 bits per heavy atom. The molecular weight excluding hydrogens is 246 g/mol. The summed E-state index contributed by atoms with van der Waals surface area (Å²) in [4.78, 5) is 22.6. The van der Waals surface area contributed by atoms with Gasteiger partial charge in [-0.2, -0.15) is 0 Å². The number of ether oxygens (including phenoxy) is 1. The quantitative estimate of drug-likeness (QED) is 0.667. The Balaban J connectivity index is 2.38. The molecule has 104 valence electrons. The van der Waals surface area contributed by atoms with Gasteiger partial charge in [0.1, 0.15) is 12.6 Å². The predicted molar refractivity (Wildman–Crippen MR) is 71.0 cm³/mol. The standard InChI is InChI=1S/C13H19N3O3/c14-8-4-7-11(12(15)17)16-13(18)19-9-10-5-2-1-3-6-10/h1-3,5-6,11H,4,7-9,14H2,(H2,15,17)(H,16,18)/t11-/m0/s1. The van der Waals surface area contributed by atoms with Crippen LogP contribution < -0.4 is 16.8 Å². The molecule has 0 aliphatic carbocycles. The van der Waals surface area contributed by atoms with E-state index in [1.54, 1.807) is 0 Å². The Labute approximate surface area is 112 Å². The average molecular weight is 265 g/mol. The third-order valence-electron chi connectivity index (χ3n) is 2.55. The monoisotopic (exact) mass is 265 g/mol. The Morgan fingerprint density at radius 2 is 1.95 bits per heavy atom. The minimum absolute atomic E-state index is 0.148. The molecule has 0 radical (unpaired) electrons. The van der Waals surface area contributed by atoms with Crippen molar-refractivity contribution in [1.82, 2.24) is 5.32 Å². The third-order valence-corrected chi connectivity index (χ3v) is 2.55. The van der Waals surface area contributed by atoms with Crippen LogP contribution in [0.5, 0.6) is 0 Å². The van der Waals surface area contributed by atoms with Crippen LogP contribution in [0.4, 0.5) is 4.79 Å². The van der Waals surface area contributed by atoms with E-state index in [0.29, 0.717) is 19.4 Å². The molecule has 0 saturated carbocycles. The highest BCUT2D eigenvalue weighted by molar-refractivity contribution is 5.84. The second kappa shape index (κ2) is 8.10. The molecule has 1 rings (SSSR count). The van der Waals surface area contributed by atoms with Gasteiger partial charge in [0.25, 0.3) is 0 Å². The molecule has 19 heavy (non-hydrogen) atoms. The van der Waals surface area contributed by atoms with E-state index >= 15 is 0 Å². The maximum Gasteiger partial charge on any atom is 0.408 e. The fourth-order valence-electron chi connectivity index (χ4n) is 1.51. The topological polar surface area (TPSA) is 107 Å². The zero-order chi connectivity index (χ0) is 14.1. The zero-order valence-electron chi connectivity index (χ0n) is 10.7. The van der Waals surface area contributed by atoms with Crippen LogP contribution in [0.15, 0.2) is 30.3 Å². The number of rotatable bonds is 7. The Kier molecular flexibility index (Phi) is 6.38. The molecule has 0 aliphatic heterocycles. The molecule has 2 amide bonds. The van der Waals surface area contributed by atoms with Crippen LogP contribution in [0.1, 0.15) is 18.4 Å². The summed E-state index contributed by atoms with van der Waals surface area (Å²) in [6, 6.07) is 8.51. The number of amides is 2. The molecule has 0 bridgehead atoms. The minimum Gasteiger partial charge on any atom is -0.445 e. The first kappa shape index (κ1) is 15.0. The Bertz CT molecular complexity index is 409. The van der Waals surface area contributed by atoms with Crippen LogP contribution in [0, 0.1) is 0 Å². The van der Waals surface area contributed by atoms with E-state index in [1.165, 1.54) is 0 Å². The summed E-state index contributed by atoms with van der Waals surface area (Å²) >= 11 is 0. The zero-order valence-corrected chi connectivity index (χ0v) is 10.7. The number of nitrogens with one attached hydrogen (secondary N) is 1. The van der Waals surface area contributed by atoms with Gasteiger partial charge in [-0.15, -0.1) is 0 Å². The molecule has 5 N–H and O–H groups in total. The fourth-order valence-corrected chi connectivity index (χ4v) is 1.51. The van der Waals surface area contributed by atoms with Gasteiger partial charge in [0, 0.05) is 0 Å². The van der Waals surface area contributed by atoms with E-state index < -0.39 is 18.0 Å². The lowest BCUT2D eigenvalue weighted by atomic mass is 10.1. The number of carbonyl (C=O) groups excluding carboxylic acids is 2. The van der Waals surface area contributed by atoms with Crippen LogP contribution in [0.2, 0.25) is 0 Å². The van der Waals surface area contributed by atoms with Gasteiger partial charge in [-0.3, -0.25) is 4.79 Å². The van der Waals surface area contributed by atoms with Crippen molar-refractivity contribution in [2.75, 3.05) is 6.54 Å². The summed E-state index contributed by atoms with van der Waals surface area (Å²) in [5.74, 6) is -0.592. The van der Waals surface area contributed by atoms with Crippen molar-refractivity contribution >= 4 is 12.0 Å². The molecular formula is C13H19N3O3. The number of nitrogens with two attached hydrogens (primary N) is 2. The van der Waals surface area contributed by atoms with Crippen LogP contribution in [0.3, 0.4) is 0 Å². The molecule has 0 aromatic heterocycles. The molecule has 0 unspecified atom stereocenters. The lowest BCUT2D eigenvalue weighted by Gasteiger charge is -2.14. The lowest BCUT2D eigenvalue weighted by Crippen LogP contribution is -2.44. The van der Waals surface area contributed by atoms with E-state index in [-0.39, 0.29) is 6.61 Å². The second-order valence-electron chi connectivity index (χ2n) is 4.09. The van der Waals surface area contributed by atoms with Gasteiger partial charge in [-0.05, 0) is 24.9 Å². The highest BCUT2D eigenvalue weighted by atomic mass is 16.5. The third kappa shape index (κ3) is 5.87. The number of benzene rings is 1. The summed E-state index contributed by atoms with van der Waals surface area (Å²) in [5, 5.41) is 2.43. The van der Waals surface area contributed by atoms with Crippen LogP contribution in [-0.4, -0.2) is 24.6 Å². The molecule has 0 fully saturated rings. The van der Waals surface area contributed by atoms with Crippen molar-refractivity contribution in [1.29, 1.82) is 0 Å². The van der Waals surface area contributed by atoms with Crippen molar-refractivity contribution < 1.29 is 14.3 Å². The summed E-state index contributed by atoms with van der Waals surface area (Å²) in [6.45, 7) is 0.583. The van der Waals surface area contributed by atoms with Crippen molar-refractivity contribution in [2.45, 2.75) is 25.5 Å². The summed E-state index contributed by atoms with van der Waals surface area (Å²) < 4.78 is 5.00. The Hall–Kier alpha value is -2.08. The summed E-state index contributed by atoms with van der Waals surface area (Å²) in [5.41, 5.74) is 11.4. The number of carbonyl (C=O) groups is 2. The van der Waals surface area contributed by atoms with Crippen LogP contribution in [-0.2, 0) is 16.1 Å². The van der Waals surface area contributed by atoms with Gasteiger partial charge in [0.15, 0.2) is 0 Å². The molecule has 0 spiro atoms. The minimum atomic E-state index is -0.744. The first-order chi connectivity index (χ1) is 9.13. The highest BCUT2D eigenvalue weighted by Gasteiger charge is 2.17. The van der Waals surface area contributed by atoms with Crippen LogP contribution in [0.25, 0.3) is 0 Å². The maximum atomic E-state index is 11.5. The molecule has 6 nitrogen and oxygen atoms in total. The van der Waals surface area contributed by atoms with Gasteiger partial charge >= 0.3 is 6.09 Å². The average Bonchev–Trinajstić information content (AvgIpc) is 2.42. The van der Waals surface area contributed by atoms with Crippen molar-refractivity contribution in [3.8, 4) is 0 Å². The van der Waals surface area contributed by atoms with Crippen molar-refractivity contribution in [2.24, 2.45) is 11.5 Å². The SMILES string of the molecule is NCCC[C@H](NC(=O)OCc1ccccc1)C(N)=O. The molecule has 6 heteroatoms. The van der Waals surface area contributed by atoms with E-state index in [0.717, 1.165) is 5.56 Å². The molecule has 0 saturated heterocycles. The smallest absolute Gasteiger partial charge is 0.408 e. The molecule has 1 atom stereocenters. The maximum absolute atomic E-state index is 11.5. The van der Waals surface area contributed by atoms with Crippen LogP contribution >= 0.6 is 0 Å². The Morgan fingerprint density at radius 3 is 2.53 bits per heavy atom. The number of primary amides is 1. The van der Waals surface area contributed by atoms with E-state index in [1.807, 2.05) is 30.3 Å². The van der Waals surface area contributed by atoms with Gasteiger partial charge in [-0.1, -0.05) is 30.3 Å². The first-order valence-electron chi connectivity index (χ1n) is 6.10. The van der Waals surface area contributed by atoms with Gasteiger partial charge < -0.3 is 21.5 Å². The van der Waals surface area contributed by atoms with E-state index in [9.17, 15) is 9.59 Å². The normalized spacial score (nSPS) is 11.6. The number of hydrogen-bond donors (Lipinski definition) is 3. The molecule has 1 aromatic carbocycles. The number of alkyl carbamates (subject to hydrolysis) is 1. The highest BCUT2D eigenvalue weighted by Crippen LogP contribution is 2.02. The molecule has 0 heterocycles. The van der Waals surface area contributed by atoms with E-state index in [4.69, 9.17) is 16.2 Å². The van der Waals surface area contributed by atoms with Gasteiger partial charge in [0.05, 0.1) is 0 Å². The largest absolute Gasteiger partial charge is 0.445 e. The van der Waals surface area contributed by atoms with Gasteiger partial charge in [-0.25, -0.2) is 4.79 Å².